The first-order chi connectivity index (χ1) is 13.7. The van der Waals surface area contributed by atoms with Gasteiger partial charge >= 0.3 is 0 Å². The third-order valence-corrected chi connectivity index (χ3v) is 4.82. The molecule has 0 aliphatic carbocycles. The smallest absolute Gasteiger partial charge is 0.287 e. The van der Waals surface area contributed by atoms with Gasteiger partial charge in [-0.15, -0.1) is 0 Å². The van der Waals surface area contributed by atoms with Crippen LogP contribution in [0.15, 0.2) is 40.3 Å². The summed E-state index contributed by atoms with van der Waals surface area (Å²) in [6.07, 6.45) is 0. The molecule has 0 fully saturated rings. The highest BCUT2D eigenvalue weighted by molar-refractivity contribution is 7.89. The number of nitrogens with one attached hydrogen (secondary N) is 3. The third-order valence-electron chi connectivity index (χ3n) is 3.89. The Hall–Kier alpha value is -3.82. The van der Waals surface area contributed by atoms with Crippen LogP contribution in [0, 0.1) is 25.2 Å². The second-order valence-electron chi connectivity index (χ2n) is 6.09. The van der Waals surface area contributed by atoms with Gasteiger partial charge in [-0.1, -0.05) is 0 Å². The van der Waals surface area contributed by atoms with Crippen molar-refractivity contribution >= 4 is 44.2 Å². The number of nitrogens with zero attached hydrogens (tertiary/aromatic N) is 4. The maximum Gasteiger partial charge on any atom is 0.287 e. The van der Waals surface area contributed by atoms with Crippen LogP contribution < -0.4 is 15.9 Å². The van der Waals surface area contributed by atoms with Crippen LogP contribution >= 0.6 is 0 Å². The molecule has 1 amide bonds. The Bertz CT molecular complexity index is 1270. The number of anilines is 2. The number of nitrogens with two attached hydrogens (primary N) is 1. The molecule has 3 aromatic rings. The first kappa shape index (κ1) is 19.9. The van der Waals surface area contributed by atoms with E-state index in [1.807, 2.05) is 19.9 Å². The van der Waals surface area contributed by atoms with E-state index in [4.69, 9.17) is 5.14 Å². The van der Waals surface area contributed by atoms with Crippen LogP contribution in [0.2, 0.25) is 0 Å². The zero-order valence-corrected chi connectivity index (χ0v) is 16.2. The number of benzene rings is 1. The molecular weight excluding hydrogens is 396 g/mol. The average molecular weight is 412 g/mol. The molecule has 3 rings (SSSR count). The van der Waals surface area contributed by atoms with Crippen LogP contribution in [0.1, 0.15) is 11.3 Å². The number of hydrazone groups is 1. The van der Waals surface area contributed by atoms with Gasteiger partial charge < -0.3 is 5.32 Å². The Balaban J connectivity index is 1.78. The number of pyridine rings is 1. The molecule has 1 aromatic carbocycles. The monoisotopic (exact) mass is 412 g/mol. The first-order valence-corrected chi connectivity index (χ1v) is 9.74. The number of carbonyl (C=O) groups excluding carboxylic acids is 1. The number of H-pyrrole nitrogens is 1. The van der Waals surface area contributed by atoms with Crippen LogP contribution in [0.4, 0.5) is 11.5 Å². The molecule has 0 radical (unpaired) electrons. The van der Waals surface area contributed by atoms with E-state index in [0.717, 1.165) is 11.3 Å². The number of primary sulfonamides is 1. The third kappa shape index (κ3) is 4.37. The van der Waals surface area contributed by atoms with Gasteiger partial charge in [0, 0.05) is 11.4 Å². The van der Waals surface area contributed by atoms with Gasteiger partial charge in [0.25, 0.3) is 5.91 Å². The summed E-state index contributed by atoms with van der Waals surface area (Å²) >= 11 is 0. The van der Waals surface area contributed by atoms with Gasteiger partial charge in [0.1, 0.15) is 6.07 Å². The Morgan fingerprint density at radius 3 is 2.59 bits per heavy atom. The van der Waals surface area contributed by atoms with Crippen LogP contribution in [0.25, 0.3) is 11.0 Å². The van der Waals surface area contributed by atoms with E-state index in [0.29, 0.717) is 16.9 Å². The molecule has 0 unspecified atom stereocenters. The topological polar surface area (TPSA) is 179 Å². The number of sulfonamides is 1. The van der Waals surface area contributed by atoms with Crippen LogP contribution in [-0.2, 0) is 14.8 Å². The normalized spacial score (nSPS) is 11.9. The standard InChI is InChI=1S/C17H16N8O3S/c1-9-7-10(2)20-15-14(9)16(25-23-15)24-22-13(8-18)17(26)21-11-3-5-12(6-4-11)29(19,27)28/h3-7H,1-2H3,(H,21,26)(H2,19,27,28)(H2,20,23,24,25)/b22-13+. The summed E-state index contributed by atoms with van der Waals surface area (Å²) in [5, 5.41) is 28.0. The molecule has 5 N–H and O–H groups in total. The Kier molecular flexibility index (Phi) is 5.26. The SMILES string of the molecule is Cc1cc(C)c2c(N/N=C(\C#N)C(=O)Nc3ccc(S(N)(=O)=O)cc3)[nH]nc2n1. The fourth-order valence-electron chi connectivity index (χ4n) is 2.61. The molecule has 2 aromatic heterocycles. The Morgan fingerprint density at radius 2 is 1.97 bits per heavy atom. The van der Waals surface area contributed by atoms with Crippen molar-refractivity contribution in [3.05, 3.63) is 41.6 Å². The lowest BCUT2D eigenvalue weighted by molar-refractivity contribution is -0.110. The lowest BCUT2D eigenvalue weighted by atomic mass is 10.2. The number of carbonyl (C=O) groups is 1. The molecule has 12 heteroatoms. The van der Waals surface area contributed by atoms with Crippen molar-refractivity contribution in [2.75, 3.05) is 10.7 Å². The van der Waals surface area contributed by atoms with Crippen LogP contribution in [0.5, 0.6) is 0 Å². The predicted octanol–water partition coefficient (Wildman–Crippen LogP) is 1.15. The molecule has 148 valence electrons. The number of rotatable bonds is 5. The quantitative estimate of drug-likeness (QED) is 0.358. The van der Waals surface area contributed by atoms with E-state index in [-0.39, 0.29) is 10.6 Å². The molecule has 0 bridgehead atoms. The molecule has 0 saturated heterocycles. The van der Waals surface area contributed by atoms with E-state index in [1.165, 1.54) is 24.3 Å². The Labute approximate surface area is 165 Å². The molecule has 0 aliphatic heterocycles. The molecule has 2 heterocycles. The number of nitriles is 1. The summed E-state index contributed by atoms with van der Waals surface area (Å²) in [5.74, 6) is -0.388. The second kappa shape index (κ2) is 7.66. The van der Waals surface area contributed by atoms with E-state index in [1.54, 1.807) is 6.07 Å². The number of aryl methyl sites for hydroxylation is 2. The number of fused-ring (bicyclic) bond motifs is 1. The molecule has 0 atom stereocenters. The molecule has 0 aliphatic rings. The summed E-state index contributed by atoms with van der Waals surface area (Å²) in [6.45, 7) is 3.73. The first-order valence-electron chi connectivity index (χ1n) is 8.19. The van der Waals surface area contributed by atoms with Gasteiger partial charge in [0.15, 0.2) is 11.5 Å². The van der Waals surface area contributed by atoms with Gasteiger partial charge in [-0.2, -0.15) is 15.5 Å². The highest BCUT2D eigenvalue weighted by Gasteiger charge is 2.14. The number of aromatic nitrogens is 3. The summed E-state index contributed by atoms with van der Waals surface area (Å²) in [4.78, 5) is 16.5. The maximum absolute atomic E-state index is 12.3. The Morgan fingerprint density at radius 1 is 1.28 bits per heavy atom. The van der Waals surface area contributed by atoms with E-state index < -0.39 is 21.6 Å². The van der Waals surface area contributed by atoms with Crippen molar-refractivity contribution in [3.8, 4) is 6.07 Å². The minimum absolute atomic E-state index is 0.100. The van der Waals surface area contributed by atoms with Crippen molar-refractivity contribution in [2.45, 2.75) is 18.7 Å². The summed E-state index contributed by atoms with van der Waals surface area (Å²) < 4.78 is 22.5. The van der Waals surface area contributed by atoms with Gasteiger partial charge in [0.05, 0.1) is 10.3 Å². The summed E-state index contributed by atoms with van der Waals surface area (Å²) in [5.41, 5.74) is 4.64. The summed E-state index contributed by atoms with van der Waals surface area (Å²) in [7, 11) is -3.84. The highest BCUT2D eigenvalue weighted by atomic mass is 32.2. The lowest BCUT2D eigenvalue weighted by Gasteiger charge is -2.05. The minimum Gasteiger partial charge on any atom is -0.320 e. The van der Waals surface area contributed by atoms with Crippen molar-refractivity contribution < 1.29 is 13.2 Å². The van der Waals surface area contributed by atoms with E-state index in [2.05, 4.69) is 31.0 Å². The zero-order valence-electron chi connectivity index (χ0n) is 15.4. The fraction of sp³-hybridized carbons (Fsp3) is 0.118. The minimum atomic E-state index is -3.84. The van der Waals surface area contributed by atoms with Crippen molar-refractivity contribution in [3.63, 3.8) is 0 Å². The molecular formula is C17H16N8O3S. The van der Waals surface area contributed by atoms with E-state index in [9.17, 15) is 18.5 Å². The number of aromatic amines is 1. The largest absolute Gasteiger partial charge is 0.320 e. The van der Waals surface area contributed by atoms with Gasteiger partial charge in [-0.3, -0.25) is 15.3 Å². The van der Waals surface area contributed by atoms with Gasteiger partial charge in [-0.05, 0) is 49.7 Å². The van der Waals surface area contributed by atoms with Crippen LogP contribution in [-0.4, -0.2) is 35.2 Å². The maximum atomic E-state index is 12.3. The van der Waals surface area contributed by atoms with Crippen molar-refractivity contribution in [2.24, 2.45) is 10.2 Å². The lowest BCUT2D eigenvalue weighted by Crippen LogP contribution is -2.22. The van der Waals surface area contributed by atoms with Crippen LogP contribution in [0.3, 0.4) is 0 Å². The fourth-order valence-corrected chi connectivity index (χ4v) is 3.12. The average Bonchev–Trinajstić information content (AvgIpc) is 3.05. The molecule has 0 saturated carbocycles. The van der Waals surface area contributed by atoms with E-state index >= 15 is 0 Å². The van der Waals surface area contributed by atoms with Gasteiger partial charge in [-0.25, -0.2) is 18.5 Å². The predicted molar refractivity (Wildman–Crippen MR) is 106 cm³/mol. The molecule has 0 spiro atoms. The van der Waals surface area contributed by atoms with Gasteiger partial charge in [0.2, 0.25) is 15.7 Å². The summed E-state index contributed by atoms with van der Waals surface area (Å²) in [6, 6.07) is 8.74. The van der Waals surface area contributed by atoms with Crippen molar-refractivity contribution in [1.82, 2.24) is 15.2 Å². The number of hydrogen-bond acceptors (Lipinski definition) is 8. The highest BCUT2D eigenvalue weighted by Crippen LogP contribution is 2.23. The zero-order chi connectivity index (χ0) is 21.2. The number of amides is 1. The van der Waals surface area contributed by atoms with Crippen molar-refractivity contribution in [1.29, 1.82) is 5.26 Å². The number of hydrogen-bond donors (Lipinski definition) is 4. The molecule has 11 nitrogen and oxygen atoms in total. The molecule has 29 heavy (non-hydrogen) atoms. The second-order valence-corrected chi connectivity index (χ2v) is 7.65.